The Morgan fingerprint density at radius 1 is 1.28 bits per heavy atom. The minimum Gasteiger partial charge on any atom is -0.299 e. The van der Waals surface area contributed by atoms with Crippen LogP contribution in [0.1, 0.15) is 37.2 Å². The Labute approximate surface area is 106 Å². The van der Waals surface area contributed by atoms with Gasteiger partial charge in [-0.3, -0.25) is 14.9 Å². The number of carbonyl (C=O) groups excluding carboxylic acids is 1. The molecule has 2 atom stereocenters. The number of rotatable bonds is 4. The molecule has 4 heteroatoms. The van der Waals surface area contributed by atoms with Gasteiger partial charge < -0.3 is 0 Å². The molecule has 1 aliphatic carbocycles. The number of nitrogens with zero attached hydrogens (tertiary/aromatic N) is 1. The number of hydrogen-bond acceptors (Lipinski definition) is 3. The molecule has 0 amide bonds. The smallest absolute Gasteiger partial charge is 0.211 e. The van der Waals surface area contributed by atoms with Crippen molar-refractivity contribution in [1.29, 1.82) is 0 Å². The van der Waals surface area contributed by atoms with Crippen molar-refractivity contribution >= 4 is 5.78 Å². The van der Waals surface area contributed by atoms with Gasteiger partial charge in [0.1, 0.15) is 5.78 Å². The molecular weight excluding hydrogens is 230 g/mol. The maximum Gasteiger partial charge on any atom is 0.211 e. The van der Waals surface area contributed by atoms with Crippen LogP contribution < -0.4 is 0 Å². The highest BCUT2D eigenvalue weighted by atomic mass is 16.6. The van der Waals surface area contributed by atoms with E-state index in [1.807, 2.05) is 30.3 Å². The highest BCUT2D eigenvalue weighted by Crippen LogP contribution is 2.34. The SMILES string of the molecule is O=C1CCCC[C@H]1[C@H](C[N+](=O)[O-])c1ccccc1. The molecule has 0 aliphatic heterocycles. The van der Waals surface area contributed by atoms with Crippen LogP contribution in [0.3, 0.4) is 0 Å². The lowest BCUT2D eigenvalue weighted by atomic mass is 9.76. The van der Waals surface area contributed by atoms with E-state index in [1.54, 1.807) is 0 Å². The predicted molar refractivity (Wildman–Crippen MR) is 68.0 cm³/mol. The van der Waals surface area contributed by atoms with Crippen LogP contribution in [0, 0.1) is 16.0 Å². The van der Waals surface area contributed by atoms with E-state index in [-0.39, 0.29) is 29.1 Å². The fourth-order valence-electron chi connectivity index (χ4n) is 2.76. The number of ketones is 1. The van der Waals surface area contributed by atoms with Crippen LogP contribution in [-0.4, -0.2) is 17.3 Å². The fourth-order valence-corrected chi connectivity index (χ4v) is 2.76. The molecule has 1 saturated carbocycles. The topological polar surface area (TPSA) is 60.2 Å². The van der Waals surface area contributed by atoms with Gasteiger partial charge in [0.25, 0.3) is 0 Å². The molecule has 0 radical (unpaired) electrons. The van der Waals surface area contributed by atoms with Crippen LogP contribution in [0.25, 0.3) is 0 Å². The highest BCUT2D eigenvalue weighted by Gasteiger charge is 2.34. The van der Waals surface area contributed by atoms with Crippen molar-refractivity contribution in [2.24, 2.45) is 5.92 Å². The molecule has 0 heterocycles. The first-order valence-corrected chi connectivity index (χ1v) is 6.38. The van der Waals surface area contributed by atoms with Gasteiger partial charge in [0.2, 0.25) is 6.54 Å². The van der Waals surface area contributed by atoms with Gasteiger partial charge in [-0.05, 0) is 18.4 Å². The quantitative estimate of drug-likeness (QED) is 0.607. The molecule has 0 bridgehead atoms. The second-order valence-electron chi connectivity index (χ2n) is 4.85. The van der Waals surface area contributed by atoms with Gasteiger partial charge in [-0.1, -0.05) is 36.8 Å². The molecule has 0 spiro atoms. The van der Waals surface area contributed by atoms with Gasteiger partial charge >= 0.3 is 0 Å². The number of benzene rings is 1. The summed E-state index contributed by atoms with van der Waals surface area (Å²) in [5, 5.41) is 10.8. The van der Waals surface area contributed by atoms with Gasteiger partial charge in [-0.15, -0.1) is 0 Å². The summed E-state index contributed by atoms with van der Waals surface area (Å²) in [5.41, 5.74) is 0.912. The zero-order valence-corrected chi connectivity index (χ0v) is 10.2. The Kier molecular flexibility index (Phi) is 4.07. The summed E-state index contributed by atoms with van der Waals surface area (Å²) in [6, 6.07) is 9.40. The minimum absolute atomic E-state index is 0.152. The Morgan fingerprint density at radius 2 is 2.00 bits per heavy atom. The number of hydrogen-bond donors (Lipinski definition) is 0. The van der Waals surface area contributed by atoms with Crippen LogP contribution in [-0.2, 0) is 4.79 Å². The van der Waals surface area contributed by atoms with E-state index in [0.29, 0.717) is 6.42 Å². The van der Waals surface area contributed by atoms with Crippen LogP contribution in [0.2, 0.25) is 0 Å². The Bertz CT molecular complexity index is 430. The van der Waals surface area contributed by atoms with Gasteiger partial charge in [0, 0.05) is 17.3 Å². The van der Waals surface area contributed by atoms with Crippen molar-refractivity contribution in [1.82, 2.24) is 0 Å². The van der Waals surface area contributed by atoms with Crippen LogP contribution >= 0.6 is 0 Å². The van der Waals surface area contributed by atoms with E-state index in [1.165, 1.54) is 0 Å². The molecule has 1 fully saturated rings. The molecule has 18 heavy (non-hydrogen) atoms. The summed E-state index contributed by atoms with van der Waals surface area (Å²) in [4.78, 5) is 22.5. The lowest BCUT2D eigenvalue weighted by Crippen LogP contribution is -2.30. The normalized spacial score (nSPS) is 21.6. The molecule has 2 rings (SSSR count). The third-order valence-electron chi connectivity index (χ3n) is 3.66. The number of nitro groups is 1. The number of carbonyl (C=O) groups is 1. The molecule has 0 saturated heterocycles. The fraction of sp³-hybridized carbons (Fsp3) is 0.500. The standard InChI is InChI=1S/C14H17NO3/c16-14-9-5-4-8-12(14)13(10-15(17)18)11-6-2-1-3-7-11/h1-3,6-7,12-13H,4-5,8-10H2/t12-,13+/m0/s1. The van der Waals surface area contributed by atoms with Crippen LogP contribution in [0.4, 0.5) is 0 Å². The summed E-state index contributed by atoms with van der Waals surface area (Å²) < 4.78 is 0. The first kappa shape index (κ1) is 12.7. The first-order chi connectivity index (χ1) is 8.68. The Hall–Kier alpha value is -1.71. The zero-order chi connectivity index (χ0) is 13.0. The third-order valence-corrected chi connectivity index (χ3v) is 3.66. The lowest BCUT2D eigenvalue weighted by Gasteiger charge is -2.26. The maximum absolute atomic E-state index is 12.0. The van der Waals surface area contributed by atoms with Crippen molar-refractivity contribution in [2.75, 3.05) is 6.54 Å². The lowest BCUT2D eigenvalue weighted by molar-refractivity contribution is -0.484. The summed E-state index contributed by atoms with van der Waals surface area (Å²) in [7, 11) is 0. The molecule has 1 aliphatic rings. The zero-order valence-electron chi connectivity index (χ0n) is 10.2. The molecule has 0 unspecified atom stereocenters. The monoisotopic (exact) mass is 247 g/mol. The van der Waals surface area contributed by atoms with Crippen molar-refractivity contribution in [3.05, 3.63) is 46.0 Å². The summed E-state index contributed by atoms with van der Waals surface area (Å²) in [5.74, 6) is -0.252. The third kappa shape index (κ3) is 2.94. The molecule has 96 valence electrons. The van der Waals surface area contributed by atoms with Crippen molar-refractivity contribution < 1.29 is 9.72 Å². The van der Waals surface area contributed by atoms with E-state index < -0.39 is 0 Å². The molecule has 0 N–H and O–H groups in total. The summed E-state index contributed by atoms with van der Waals surface area (Å²) in [6.45, 7) is -0.152. The first-order valence-electron chi connectivity index (χ1n) is 6.38. The van der Waals surface area contributed by atoms with Gasteiger partial charge in [0.05, 0.1) is 5.92 Å². The average molecular weight is 247 g/mol. The maximum atomic E-state index is 12.0. The Balaban J connectivity index is 2.24. The molecule has 1 aromatic carbocycles. The van der Waals surface area contributed by atoms with Crippen LogP contribution in [0.15, 0.2) is 30.3 Å². The van der Waals surface area contributed by atoms with E-state index in [2.05, 4.69) is 0 Å². The Morgan fingerprint density at radius 3 is 2.61 bits per heavy atom. The van der Waals surface area contributed by atoms with Gasteiger partial charge in [-0.2, -0.15) is 0 Å². The van der Waals surface area contributed by atoms with Gasteiger partial charge in [0.15, 0.2) is 0 Å². The van der Waals surface area contributed by atoms with E-state index >= 15 is 0 Å². The molecule has 0 aromatic heterocycles. The molecule has 1 aromatic rings. The minimum atomic E-state index is -0.306. The largest absolute Gasteiger partial charge is 0.299 e. The van der Waals surface area contributed by atoms with E-state index in [9.17, 15) is 14.9 Å². The summed E-state index contributed by atoms with van der Waals surface area (Å²) in [6.07, 6.45) is 3.28. The molecule has 4 nitrogen and oxygen atoms in total. The number of Topliss-reactive ketones (excluding diaryl/α,β-unsaturated/α-hetero) is 1. The van der Waals surface area contributed by atoms with E-state index in [0.717, 1.165) is 24.8 Å². The van der Waals surface area contributed by atoms with Crippen molar-refractivity contribution in [2.45, 2.75) is 31.6 Å². The van der Waals surface area contributed by atoms with E-state index in [4.69, 9.17) is 0 Å². The average Bonchev–Trinajstić information content (AvgIpc) is 2.38. The van der Waals surface area contributed by atoms with Gasteiger partial charge in [-0.25, -0.2) is 0 Å². The predicted octanol–water partition coefficient (Wildman–Crippen LogP) is 2.81. The second-order valence-corrected chi connectivity index (χ2v) is 4.85. The van der Waals surface area contributed by atoms with Crippen molar-refractivity contribution in [3.8, 4) is 0 Å². The molecular formula is C14H17NO3. The van der Waals surface area contributed by atoms with Crippen molar-refractivity contribution in [3.63, 3.8) is 0 Å². The highest BCUT2D eigenvalue weighted by molar-refractivity contribution is 5.82. The van der Waals surface area contributed by atoms with Crippen LogP contribution in [0.5, 0.6) is 0 Å². The second kappa shape index (κ2) is 5.76. The summed E-state index contributed by atoms with van der Waals surface area (Å²) >= 11 is 0.